The third kappa shape index (κ3) is 7.16. The van der Waals surface area contributed by atoms with E-state index in [4.69, 9.17) is 0 Å². The van der Waals surface area contributed by atoms with Gasteiger partial charge in [-0.05, 0) is 33.3 Å². The summed E-state index contributed by atoms with van der Waals surface area (Å²) in [7, 11) is 1.81. The Bertz CT molecular complexity index is 456. The highest BCUT2D eigenvalue weighted by atomic mass is 127. The highest BCUT2D eigenvalue weighted by molar-refractivity contribution is 14.0. The van der Waals surface area contributed by atoms with Gasteiger partial charge in [0.25, 0.3) is 0 Å². The molecule has 1 aromatic rings. The fourth-order valence-corrected chi connectivity index (χ4v) is 1.95. The molecule has 0 aliphatic rings. The van der Waals surface area contributed by atoms with Crippen LogP contribution in [-0.2, 0) is 5.41 Å². The average Bonchev–Trinajstić information content (AvgIpc) is 2.33. The summed E-state index contributed by atoms with van der Waals surface area (Å²) in [5.74, 6) is 0.845. The van der Waals surface area contributed by atoms with Crippen molar-refractivity contribution in [1.29, 1.82) is 0 Å². The van der Waals surface area contributed by atoms with Crippen molar-refractivity contribution in [3.63, 3.8) is 0 Å². The first-order chi connectivity index (χ1) is 9.14. The molecule has 0 atom stereocenters. The van der Waals surface area contributed by atoms with Gasteiger partial charge in [-0.1, -0.05) is 43.7 Å². The number of hydrogen-bond acceptors (Lipinski definition) is 1. The molecule has 2 N–H and O–H groups in total. The van der Waals surface area contributed by atoms with Crippen molar-refractivity contribution >= 4 is 29.9 Å². The van der Waals surface area contributed by atoms with Crippen molar-refractivity contribution < 1.29 is 0 Å². The molecule has 0 fully saturated rings. The number of halogens is 1. The predicted molar refractivity (Wildman–Crippen MR) is 104 cm³/mol. The molecule has 0 amide bonds. The molecule has 3 nitrogen and oxygen atoms in total. The number of rotatable bonds is 3. The van der Waals surface area contributed by atoms with Crippen LogP contribution < -0.4 is 10.6 Å². The van der Waals surface area contributed by atoms with E-state index in [0.717, 1.165) is 12.5 Å². The lowest BCUT2D eigenvalue weighted by Gasteiger charge is -2.29. The van der Waals surface area contributed by atoms with Crippen LogP contribution in [0.15, 0.2) is 29.3 Å². The first kappa shape index (κ1) is 20.2. The lowest BCUT2D eigenvalue weighted by atomic mass is 9.84. The Labute approximate surface area is 147 Å². The molecule has 0 aromatic heterocycles. The Kier molecular flexibility index (Phi) is 7.71. The summed E-state index contributed by atoms with van der Waals surface area (Å²) in [6, 6.07) is 8.74. The Morgan fingerprint density at radius 1 is 1.05 bits per heavy atom. The van der Waals surface area contributed by atoms with E-state index in [2.05, 4.69) is 81.4 Å². The number of guanidine groups is 1. The summed E-state index contributed by atoms with van der Waals surface area (Å²) in [4.78, 5) is 4.28. The van der Waals surface area contributed by atoms with Crippen LogP contribution in [-0.4, -0.2) is 25.1 Å². The van der Waals surface area contributed by atoms with E-state index in [1.54, 1.807) is 7.05 Å². The van der Waals surface area contributed by atoms with Gasteiger partial charge >= 0.3 is 0 Å². The van der Waals surface area contributed by atoms with Gasteiger partial charge in [0.1, 0.15) is 0 Å². The zero-order valence-corrected chi connectivity index (χ0v) is 16.7. The van der Waals surface area contributed by atoms with E-state index >= 15 is 0 Å². The molecular formula is C17H30IN3. The van der Waals surface area contributed by atoms with Crippen LogP contribution >= 0.6 is 24.0 Å². The number of aryl methyl sites for hydroxylation is 1. The smallest absolute Gasteiger partial charge is 0.191 e. The maximum atomic E-state index is 4.28. The molecule has 4 heteroatoms. The van der Waals surface area contributed by atoms with E-state index in [1.807, 2.05) is 0 Å². The Balaban J connectivity index is 0.00000400. The molecule has 0 saturated heterocycles. The second kappa shape index (κ2) is 8.01. The molecule has 120 valence electrons. The maximum Gasteiger partial charge on any atom is 0.191 e. The summed E-state index contributed by atoms with van der Waals surface area (Å²) >= 11 is 0. The monoisotopic (exact) mass is 403 g/mol. The van der Waals surface area contributed by atoms with Crippen molar-refractivity contribution in [1.82, 2.24) is 10.6 Å². The molecular weight excluding hydrogens is 373 g/mol. The van der Waals surface area contributed by atoms with Crippen LogP contribution in [0.1, 0.15) is 45.7 Å². The molecule has 0 aliphatic carbocycles. The number of aliphatic imine (C=N–C) groups is 1. The van der Waals surface area contributed by atoms with Gasteiger partial charge in [0.15, 0.2) is 5.96 Å². The van der Waals surface area contributed by atoms with E-state index < -0.39 is 0 Å². The molecule has 0 spiro atoms. The molecule has 21 heavy (non-hydrogen) atoms. The summed E-state index contributed by atoms with van der Waals surface area (Å²) in [6.07, 6.45) is 0. The van der Waals surface area contributed by atoms with E-state index in [-0.39, 0.29) is 34.9 Å². The minimum atomic E-state index is 0. The predicted octanol–water partition coefficient (Wildman–Crippen LogP) is 3.85. The van der Waals surface area contributed by atoms with Gasteiger partial charge in [-0.2, -0.15) is 0 Å². The topological polar surface area (TPSA) is 36.4 Å². The lowest BCUT2D eigenvalue weighted by molar-refractivity contribution is 0.476. The quantitative estimate of drug-likeness (QED) is 0.457. The standard InChI is InChI=1S/C17H29N3.HI/c1-13-8-10-14(11-9-13)17(5,6)12-19-15(18-7)20-16(2,3)4;/h8-11H,12H2,1-7H3,(H2,18,19,20);1H. The second-order valence-corrected chi connectivity index (χ2v) is 7.05. The second-order valence-electron chi connectivity index (χ2n) is 7.05. The number of nitrogens with one attached hydrogen (secondary N) is 2. The summed E-state index contributed by atoms with van der Waals surface area (Å²) < 4.78 is 0. The highest BCUT2D eigenvalue weighted by Crippen LogP contribution is 2.22. The lowest BCUT2D eigenvalue weighted by Crippen LogP contribution is -2.50. The van der Waals surface area contributed by atoms with Crippen LogP contribution in [0.3, 0.4) is 0 Å². The van der Waals surface area contributed by atoms with Gasteiger partial charge in [0, 0.05) is 24.5 Å². The van der Waals surface area contributed by atoms with Gasteiger partial charge in [-0.3, -0.25) is 4.99 Å². The fraction of sp³-hybridized carbons (Fsp3) is 0.588. The molecule has 1 aromatic carbocycles. The number of nitrogens with zero attached hydrogens (tertiary/aromatic N) is 1. The molecule has 0 heterocycles. The Morgan fingerprint density at radius 3 is 2.00 bits per heavy atom. The van der Waals surface area contributed by atoms with Crippen molar-refractivity contribution in [2.45, 2.75) is 52.5 Å². The summed E-state index contributed by atoms with van der Waals surface area (Å²) in [5.41, 5.74) is 2.70. The normalized spacial score (nSPS) is 12.6. The van der Waals surface area contributed by atoms with Crippen molar-refractivity contribution in [2.75, 3.05) is 13.6 Å². The average molecular weight is 403 g/mol. The molecule has 0 radical (unpaired) electrons. The van der Waals surface area contributed by atoms with E-state index in [1.165, 1.54) is 11.1 Å². The highest BCUT2D eigenvalue weighted by Gasteiger charge is 2.21. The van der Waals surface area contributed by atoms with Gasteiger partial charge < -0.3 is 10.6 Å². The fourth-order valence-electron chi connectivity index (χ4n) is 1.95. The Hall–Kier alpha value is -0.780. The molecule has 0 saturated carbocycles. The minimum Gasteiger partial charge on any atom is -0.356 e. The maximum absolute atomic E-state index is 4.28. The van der Waals surface area contributed by atoms with Crippen LogP contribution in [0.25, 0.3) is 0 Å². The molecule has 0 bridgehead atoms. The molecule has 1 rings (SSSR count). The van der Waals surface area contributed by atoms with Gasteiger partial charge in [-0.15, -0.1) is 24.0 Å². The van der Waals surface area contributed by atoms with Crippen LogP contribution in [0, 0.1) is 6.92 Å². The van der Waals surface area contributed by atoms with Crippen LogP contribution in [0.2, 0.25) is 0 Å². The van der Waals surface area contributed by atoms with Crippen molar-refractivity contribution in [3.8, 4) is 0 Å². The number of hydrogen-bond donors (Lipinski definition) is 2. The Morgan fingerprint density at radius 2 is 1.57 bits per heavy atom. The largest absolute Gasteiger partial charge is 0.356 e. The molecule has 0 aliphatic heterocycles. The summed E-state index contributed by atoms with van der Waals surface area (Å²) in [6.45, 7) is 13.8. The van der Waals surface area contributed by atoms with Gasteiger partial charge in [0.05, 0.1) is 0 Å². The van der Waals surface area contributed by atoms with E-state index in [9.17, 15) is 0 Å². The SMILES string of the molecule is CN=C(NCC(C)(C)c1ccc(C)cc1)NC(C)(C)C.I. The van der Waals surface area contributed by atoms with Crippen LogP contribution in [0.4, 0.5) is 0 Å². The first-order valence-corrected chi connectivity index (χ1v) is 7.20. The third-order valence-corrected chi connectivity index (χ3v) is 3.25. The zero-order valence-electron chi connectivity index (χ0n) is 14.4. The van der Waals surface area contributed by atoms with Crippen LogP contribution in [0.5, 0.6) is 0 Å². The third-order valence-electron chi connectivity index (χ3n) is 3.25. The van der Waals surface area contributed by atoms with Crippen molar-refractivity contribution in [3.05, 3.63) is 35.4 Å². The van der Waals surface area contributed by atoms with Gasteiger partial charge in [0.2, 0.25) is 0 Å². The summed E-state index contributed by atoms with van der Waals surface area (Å²) in [5, 5.41) is 6.80. The van der Waals surface area contributed by atoms with E-state index in [0.29, 0.717) is 0 Å². The first-order valence-electron chi connectivity index (χ1n) is 7.20. The zero-order chi connectivity index (χ0) is 15.4. The van der Waals surface area contributed by atoms with Gasteiger partial charge in [-0.25, -0.2) is 0 Å². The minimum absolute atomic E-state index is 0. The molecule has 0 unspecified atom stereocenters. The van der Waals surface area contributed by atoms with Crippen molar-refractivity contribution in [2.24, 2.45) is 4.99 Å². The number of benzene rings is 1.